The summed E-state index contributed by atoms with van der Waals surface area (Å²) in [5, 5.41) is 9.41. The van der Waals surface area contributed by atoms with Gasteiger partial charge in [-0.3, -0.25) is 0 Å². The van der Waals surface area contributed by atoms with Gasteiger partial charge in [0.15, 0.2) is 0 Å². The molecule has 0 fully saturated rings. The molecule has 2 heteroatoms. The van der Waals surface area contributed by atoms with Gasteiger partial charge in [0.25, 0.3) is 0 Å². The van der Waals surface area contributed by atoms with Crippen LogP contribution in [0.3, 0.4) is 0 Å². The highest BCUT2D eigenvalue weighted by Crippen LogP contribution is 2.36. The molecule has 3 rings (SSSR count). The molecule has 2 nitrogen and oxygen atoms in total. The van der Waals surface area contributed by atoms with Crippen LogP contribution in [0, 0.1) is 6.20 Å². The number of para-hydroxylation sites is 1. The molecule has 0 aromatic heterocycles. The zero-order valence-corrected chi connectivity index (χ0v) is 13.7. The van der Waals surface area contributed by atoms with Crippen LogP contribution >= 0.6 is 0 Å². The molecule has 0 spiro atoms. The molecule has 2 aromatic rings. The maximum Gasteiger partial charge on any atom is 0.0697 e. The monoisotopic (exact) mass is 304 g/mol. The van der Waals surface area contributed by atoms with E-state index in [1.807, 2.05) is 24.3 Å². The van der Waals surface area contributed by atoms with E-state index in [0.717, 1.165) is 11.3 Å². The summed E-state index contributed by atoms with van der Waals surface area (Å²) in [6.07, 6.45) is 4.13. The molecule has 0 bridgehead atoms. The van der Waals surface area contributed by atoms with E-state index in [9.17, 15) is 5.11 Å². The lowest BCUT2D eigenvalue weighted by Gasteiger charge is -2.36. The van der Waals surface area contributed by atoms with Crippen LogP contribution in [0.4, 0.5) is 5.69 Å². The predicted octanol–water partition coefficient (Wildman–Crippen LogP) is 4.44. The van der Waals surface area contributed by atoms with E-state index in [0.29, 0.717) is 6.42 Å². The minimum atomic E-state index is 0.138. The van der Waals surface area contributed by atoms with Gasteiger partial charge in [-0.1, -0.05) is 48.5 Å². The number of hydrogen-bond donors (Lipinski definition) is 1. The molecular formula is C21H22NO. The molecule has 0 saturated carbocycles. The summed E-state index contributed by atoms with van der Waals surface area (Å²) in [5.41, 5.74) is 5.96. The van der Waals surface area contributed by atoms with Crippen LogP contribution in [0.1, 0.15) is 25.8 Å². The Bertz CT molecular complexity index is 716. The Morgan fingerprint density at radius 2 is 1.61 bits per heavy atom. The average Bonchev–Trinajstić information content (AvgIpc) is 2.59. The van der Waals surface area contributed by atoms with Crippen LogP contribution in [0.15, 0.2) is 71.8 Å². The van der Waals surface area contributed by atoms with Gasteiger partial charge < -0.3 is 10.0 Å². The van der Waals surface area contributed by atoms with E-state index in [2.05, 4.69) is 61.3 Å². The second-order valence-electron chi connectivity index (χ2n) is 5.85. The van der Waals surface area contributed by atoms with Crippen LogP contribution < -0.4 is 4.90 Å². The van der Waals surface area contributed by atoms with Crippen molar-refractivity contribution in [3.8, 4) is 0 Å². The van der Waals surface area contributed by atoms with Crippen molar-refractivity contribution >= 4 is 11.3 Å². The van der Waals surface area contributed by atoms with E-state index in [-0.39, 0.29) is 12.6 Å². The van der Waals surface area contributed by atoms with Crippen molar-refractivity contribution in [3.63, 3.8) is 0 Å². The number of aliphatic hydroxyl groups excluding tert-OH is 1. The van der Waals surface area contributed by atoms with E-state index in [1.165, 1.54) is 16.7 Å². The van der Waals surface area contributed by atoms with Gasteiger partial charge in [-0.2, -0.15) is 0 Å². The third-order valence-electron chi connectivity index (χ3n) is 4.40. The van der Waals surface area contributed by atoms with Crippen molar-refractivity contribution < 1.29 is 5.11 Å². The van der Waals surface area contributed by atoms with Gasteiger partial charge in [-0.25, -0.2) is 0 Å². The van der Waals surface area contributed by atoms with Crippen molar-refractivity contribution in [1.29, 1.82) is 0 Å². The molecule has 2 aromatic carbocycles. The van der Waals surface area contributed by atoms with Gasteiger partial charge in [0.2, 0.25) is 0 Å². The van der Waals surface area contributed by atoms with Gasteiger partial charge in [0.1, 0.15) is 0 Å². The van der Waals surface area contributed by atoms with Crippen LogP contribution in [0.5, 0.6) is 0 Å². The normalized spacial score (nSPS) is 18.1. The summed E-state index contributed by atoms with van der Waals surface area (Å²) >= 11 is 0. The molecule has 1 aliphatic heterocycles. The molecule has 0 aliphatic carbocycles. The van der Waals surface area contributed by atoms with Crippen molar-refractivity contribution in [3.05, 3.63) is 83.6 Å². The SMILES string of the molecule is CC1=C(c2ccccc2)C(C)N(c2ccccc2)[C]=C1CCO. The molecule has 1 unspecified atom stereocenters. The highest BCUT2D eigenvalue weighted by Gasteiger charge is 2.26. The Morgan fingerprint density at radius 3 is 2.22 bits per heavy atom. The number of hydrogen-bond acceptors (Lipinski definition) is 2. The van der Waals surface area contributed by atoms with E-state index >= 15 is 0 Å². The lowest BCUT2D eigenvalue weighted by Crippen LogP contribution is -2.34. The predicted molar refractivity (Wildman–Crippen MR) is 95.9 cm³/mol. The van der Waals surface area contributed by atoms with Crippen LogP contribution in [-0.4, -0.2) is 17.8 Å². The molecule has 1 atom stereocenters. The van der Waals surface area contributed by atoms with Gasteiger partial charge in [-0.15, -0.1) is 0 Å². The van der Waals surface area contributed by atoms with Crippen LogP contribution in [-0.2, 0) is 0 Å². The fraction of sp³-hybridized carbons (Fsp3) is 0.238. The van der Waals surface area contributed by atoms with Gasteiger partial charge in [-0.05, 0) is 54.7 Å². The number of benzene rings is 2. The van der Waals surface area contributed by atoms with Gasteiger partial charge in [0.05, 0.1) is 12.2 Å². The smallest absolute Gasteiger partial charge is 0.0697 e. The third-order valence-corrected chi connectivity index (χ3v) is 4.40. The maximum absolute atomic E-state index is 9.41. The largest absolute Gasteiger partial charge is 0.396 e. The minimum absolute atomic E-state index is 0.138. The first-order valence-corrected chi connectivity index (χ1v) is 8.06. The molecular weight excluding hydrogens is 282 g/mol. The summed E-state index contributed by atoms with van der Waals surface area (Å²) in [4.78, 5) is 2.18. The summed E-state index contributed by atoms with van der Waals surface area (Å²) < 4.78 is 0. The summed E-state index contributed by atoms with van der Waals surface area (Å²) in [7, 11) is 0. The topological polar surface area (TPSA) is 23.5 Å². The zero-order chi connectivity index (χ0) is 16.2. The standard InChI is InChI=1S/C21H22NO/c1-16-19(13-14-23)15-22(20-11-7-4-8-12-20)17(2)21(16)18-9-5-3-6-10-18/h3-12,17,23H,13-14H2,1-2H3. The lowest BCUT2D eigenvalue weighted by molar-refractivity contribution is 0.299. The number of allylic oxidation sites excluding steroid dienone is 1. The summed E-state index contributed by atoms with van der Waals surface area (Å²) in [6.45, 7) is 4.49. The minimum Gasteiger partial charge on any atom is -0.396 e. The fourth-order valence-corrected chi connectivity index (χ4v) is 3.24. The fourth-order valence-electron chi connectivity index (χ4n) is 3.24. The molecule has 1 radical (unpaired) electrons. The van der Waals surface area contributed by atoms with Crippen molar-refractivity contribution in [2.75, 3.05) is 11.5 Å². The second-order valence-corrected chi connectivity index (χ2v) is 5.85. The molecule has 117 valence electrons. The third kappa shape index (κ3) is 3.08. The van der Waals surface area contributed by atoms with Crippen LogP contribution in [0.25, 0.3) is 5.57 Å². The zero-order valence-electron chi connectivity index (χ0n) is 13.7. The Kier molecular flexibility index (Phi) is 4.63. The van der Waals surface area contributed by atoms with E-state index in [4.69, 9.17) is 0 Å². The Balaban J connectivity index is 2.10. The second kappa shape index (κ2) is 6.84. The molecule has 0 amide bonds. The Morgan fingerprint density at radius 1 is 1.00 bits per heavy atom. The molecule has 1 heterocycles. The first-order valence-electron chi connectivity index (χ1n) is 8.06. The van der Waals surface area contributed by atoms with Crippen LogP contribution in [0.2, 0.25) is 0 Å². The first kappa shape index (κ1) is 15.6. The summed E-state index contributed by atoms with van der Waals surface area (Å²) in [5.74, 6) is 0. The Hall–Kier alpha value is -2.32. The molecule has 1 aliphatic rings. The number of anilines is 1. The Labute approximate surface area is 138 Å². The molecule has 1 N–H and O–H groups in total. The highest BCUT2D eigenvalue weighted by atomic mass is 16.2. The number of nitrogens with zero attached hydrogens (tertiary/aromatic N) is 1. The molecule has 23 heavy (non-hydrogen) atoms. The highest BCUT2D eigenvalue weighted by molar-refractivity contribution is 5.80. The first-order chi connectivity index (χ1) is 11.2. The van der Waals surface area contributed by atoms with E-state index < -0.39 is 0 Å². The number of rotatable bonds is 4. The summed E-state index contributed by atoms with van der Waals surface area (Å²) in [6, 6.07) is 21.0. The van der Waals surface area contributed by atoms with Gasteiger partial charge in [0, 0.05) is 12.3 Å². The maximum atomic E-state index is 9.41. The molecule has 0 saturated heterocycles. The lowest BCUT2D eigenvalue weighted by atomic mass is 9.86. The number of aliphatic hydroxyl groups is 1. The average molecular weight is 304 g/mol. The van der Waals surface area contributed by atoms with Crippen molar-refractivity contribution in [2.24, 2.45) is 0 Å². The quantitative estimate of drug-likeness (QED) is 0.902. The van der Waals surface area contributed by atoms with Crippen molar-refractivity contribution in [2.45, 2.75) is 26.3 Å². The van der Waals surface area contributed by atoms with Crippen molar-refractivity contribution in [1.82, 2.24) is 0 Å². The van der Waals surface area contributed by atoms with E-state index in [1.54, 1.807) is 0 Å². The van der Waals surface area contributed by atoms with Gasteiger partial charge >= 0.3 is 0 Å².